The topological polar surface area (TPSA) is 33.6 Å². The highest BCUT2D eigenvalue weighted by Crippen LogP contribution is 2.36. The molecule has 1 aliphatic rings. The van der Waals surface area contributed by atoms with Gasteiger partial charge in [0.1, 0.15) is 6.61 Å². The fraction of sp³-hybridized carbons (Fsp3) is 0.240. The monoisotopic (exact) mass is 438 g/mol. The average molecular weight is 439 g/mol. The van der Waals surface area contributed by atoms with Crippen molar-refractivity contribution in [3.63, 3.8) is 0 Å². The molecule has 0 aliphatic carbocycles. The van der Waals surface area contributed by atoms with Crippen LogP contribution in [0.3, 0.4) is 0 Å². The lowest BCUT2D eigenvalue weighted by Gasteiger charge is -2.37. The molecule has 0 radical (unpaired) electrons. The Morgan fingerprint density at radius 3 is 2.10 bits per heavy atom. The molecule has 3 unspecified atom stereocenters. The molecule has 0 aromatic heterocycles. The molecule has 1 N–H and O–H groups in total. The molecule has 0 amide bonds. The van der Waals surface area contributed by atoms with Gasteiger partial charge in [-0.25, -0.2) is 0 Å². The predicted molar refractivity (Wildman–Crippen MR) is 124 cm³/mol. The van der Waals surface area contributed by atoms with Crippen LogP contribution in [0, 0.1) is 5.92 Å². The van der Waals surface area contributed by atoms with Gasteiger partial charge >= 0.3 is 0 Å². The summed E-state index contributed by atoms with van der Waals surface area (Å²) in [4.78, 5) is 5.75. The normalized spacial score (nSPS) is 22.8. The Morgan fingerprint density at radius 2 is 1.47 bits per heavy atom. The molecule has 5 heteroatoms. The molecule has 0 spiro atoms. The highest BCUT2D eigenvalue weighted by atomic mass is 35.5. The number of nitrogens with zero attached hydrogens (tertiary/aromatic N) is 1. The van der Waals surface area contributed by atoms with Crippen molar-refractivity contribution in [1.82, 2.24) is 5.32 Å². The highest BCUT2D eigenvalue weighted by molar-refractivity contribution is 6.30. The number of benzene rings is 3. The number of hydrogen-bond acceptors (Lipinski definition) is 3. The van der Waals surface area contributed by atoms with Crippen LogP contribution in [0.2, 0.25) is 10.0 Å². The number of nitrogens with one attached hydrogen (secondary N) is 1. The van der Waals surface area contributed by atoms with E-state index in [1.165, 1.54) is 11.1 Å². The maximum atomic E-state index is 6.11. The molecule has 1 aliphatic heterocycles. The number of oxime groups is 1. The Balaban J connectivity index is 1.59. The van der Waals surface area contributed by atoms with Gasteiger partial charge in [-0.2, -0.15) is 0 Å². The predicted octanol–water partition coefficient (Wildman–Crippen LogP) is 6.98. The van der Waals surface area contributed by atoms with E-state index < -0.39 is 0 Å². The van der Waals surface area contributed by atoms with E-state index in [0.29, 0.717) is 6.61 Å². The van der Waals surface area contributed by atoms with Crippen molar-refractivity contribution >= 4 is 28.9 Å². The van der Waals surface area contributed by atoms with E-state index in [1.54, 1.807) is 0 Å². The zero-order valence-electron chi connectivity index (χ0n) is 16.8. The second-order valence-corrected chi connectivity index (χ2v) is 8.51. The van der Waals surface area contributed by atoms with E-state index in [0.717, 1.165) is 27.7 Å². The quantitative estimate of drug-likeness (QED) is 0.435. The summed E-state index contributed by atoms with van der Waals surface area (Å²) >= 11 is 12.2. The first-order valence-electron chi connectivity index (χ1n) is 10.1. The largest absolute Gasteiger partial charge is 0.391 e. The lowest BCUT2D eigenvalue weighted by Crippen LogP contribution is -2.41. The number of halogens is 2. The van der Waals surface area contributed by atoms with Crippen LogP contribution in [-0.2, 0) is 11.4 Å². The molecule has 0 bridgehead atoms. The molecule has 30 heavy (non-hydrogen) atoms. The van der Waals surface area contributed by atoms with Crippen molar-refractivity contribution in [3.05, 3.63) is 106 Å². The molecular weight excluding hydrogens is 415 g/mol. The van der Waals surface area contributed by atoms with Crippen LogP contribution >= 0.6 is 23.2 Å². The number of piperidine rings is 1. The lowest BCUT2D eigenvalue weighted by molar-refractivity contribution is 0.126. The van der Waals surface area contributed by atoms with E-state index in [1.807, 2.05) is 54.6 Å². The fourth-order valence-corrected chi connectivity index (χ4v) is 4.11. The van der Waals surface area contributed by atoms with Gasteiger partial charge in [-0.05, 0) is 41.0 Å². The smallest absolute Gasteiger partial charge is 0.142 e. The van der Waals surface area contributed by atoms with Crippen LogP contribution in [0.25, 0.3) is 0 Å². The van der Waals surface area contributed by atoms with Crippen molar-refractivity contribution in [3.8, 4) is 0 Å². The minimum absolute atomic E-state index is 0.107. The molecule has 3 aromatic carbocycles. The summed E-state index contributed by atoms with van der Waals surface area (Å²) in [6, 6.07) is 26.3. The second kappa shape index (κ2) is 9.65. The van der Waals surface area contributed by atoms with Gasteiger partial charge in [-0.1, -0.05) is 89.9 Å². The first-order valence-corrected chi connectivity index (χ1v) is 10.9. The Morgan fingerprint density at radius 1 is 0.867 bits per heavy atom. The lowest BCUT2D eigenvalue weighted by atomic mass is 9.81. The third kappa shape index (κ3) is 5.04. The Kier molecular flexibility index (Phi) is 6.73. The summed E-state index contributed by atoms with van der Waals surface area (Å²) in [5.41, 5.74) is 4.51. The fourth-order valence-electron chi connectivity index (χ4n) is 3.86. The second-order valence-electron chi connectivity index (χ2n) is 7.63. The molecule has 1 saturated heterocycles. The van der Waals surface area contributed by atoms with E-state index in [-0.39, 0.29) is 18.0 Å². The molecule has 3 nitrogen and oxygen atoms in total. The van der Waals surface area contributed by atoms with E-state index >= 15 is 0 Å². The van der Waals surface area contributed by atoms with Gasteiger partial charge in [0.2, 0.25) is 0 Å². The van der Waals surface area contributed by atoms with Crippen molar-refractivity contribution < 1.29 is 4.84 Å². The van der Waals surface area contributed by atoms with Crippen LogP contribution in [0.4, 0.5) is 0 Å². The average Bonchev–Trinajstić information content (AvgIpc) is 2.77. The summed E-state index contributed by atoms with van der Waals surface area (Å²) in [6.45, 7) is 2.65. The number of rotatable bonds is 5. The molecule has 3 atom stereocenters. The maximum absolute atomic E-state index is 6.11. The highest BCUT2D eigenvalue weighted by Gasteiger charge is 2.34. The van der Waals surface area contributed by atoms with Gasteiger partial charge in [0, 0.05) is 34.5 Å². The molecule has 0 saturated carbocycles. The third-order valence-corrected chi connectivity index (χ3v) is 6.08. The van der Waals surface area contributed by atoms with Crippen LogP contribution in [0.15, 0.2) is 84.0 Å². The third-order valence-electron chi connectivity index (χ3n) is 5.58. The summed E-state index contributed by atoms with van der Waals surface area (Å²) in [5, 5.41) is 9.83. The van der Waals surface area contributed by atoms with Crippen LogP contribution < -0.4 is 5.32 Å². The molecule has 3 aromatic rings. The summed E-state index contributed by atoms with van der Waals surface area (Å²) in [7, 11) is 0. The Hall–Kier alpha value is -2.33. The van der Waals surface area contributed by atoms with Crippen molar-refractivity contribution in [1.29, 1.82) is 0 Å². The SMILES string of the molecule is CC1/C(=N/OCc2ccccc2)CC(c2ccc(Cl)cc2)NC1c1ccc(Cl)cc1. The molecule has 1 heterocycles. The molecule has 4 rings (SSSR count). The maximum Gasteiger partial charge on any atom is 0.142 e. The van der Waals surface area contributed by atoms with E-state index in [2.05, 4.69) is 41.7 Å². The van der Waals surface area contributed by atoms with Crippen LogP contribution in [-0.4, -0.2) is 5.71 Å². The van der Waals surface area contributed by atoms with Crippen LogP contribution in [0.5, 0.6) is 0 Å². The Labute approximate surface area is 187 Å². The molecule has 154 valence electrons. The minimum Gasteiger partial charge on any atom is -0.391 e. The Bertz CT molecular complexity index is 988. The zero-order valence-corrected chi connectivity index (χ0v) is 18.3. The molecule has 1 fully saturated rings. The number of hydrogen-bond donors (Lipinski definition) is 1. The van der Waals surface area contributed by atoms with Gasteiger partial charge in [0.25, 0.3) is 0 Å². The summed E-state index contributed by atoms with van der Waals surface area (Å²) in [6.07, 6.45) is 0.779. The summed E-state index contributed by atoms with van der Waals surface area (Å²) in [5.74, 6) is 0.186. The summed E-state index contributed by atoms with van der Waals surface area (Å²) < 4.78 is 0. The van der Waals surface area contributed by atoms with Crippen molar-refractivity contribution in [2.24, 2.45) is 11.1 Å². The van der Waals surface area contributed by atoms with Gasteiger partial charge in [-0.3, -0.25) is 0 Å². The van der Waals surface area contributed by atoms with E-state index in [4.69, 9.17) is 28.0 Å². The zero-order chi connectivity index (χ0) is 20.9. The van der Waals surface area contributed by atoms with E-state index in [9.17, 15) is 0 Å². The minimum atomic E-state index is 0.107. The molecular formula is C25H24Cl2N2O. The van der Waals surface area contributed by atoms with Gasteiger partial charge in [-0.15, -0.1) is 0 Å². The van der Waals surface area contributed by atoms with Gasteiger partial charge in [0.05, 0.1) is 5.71 Å². The first kappa shape index (κ1) is 20.9. The van der Waals surface area contributed by atoms with Gasteiger partial charge in [0.15, 0.2) is 0 Å². The van der Waals surface area contributed by atoms with Gasteiger partial charge < -0.3 is 10.2 Å². The van der Waals surface area contributed by atoms with Crippen molar-refractivity contribution in [2.45, 2.75) is 32.0 Å². The standard InChI is InChI=1S/C25H24Cl2N2O/c1-17-23(29-30-16-18-5-3-2-4-6-18)15-24(19-7-11-21(26)12-8-19)28-25(17)20-9-13-22(27)14-10-20/h2-14,17,24-25,28H,15-16H2,1H3/b29-23+. The van der Waals surface area contributed by atoms with Crippen molar-refractivity contribution in [2.75, 3.05) is 0 Å². The first-order chi connectivity index (χ1) is 14.6. The van der Waals surface area contributed by atoms with Crippen LogP contribution in [0.1, 0.15) is 42.1 Å².